The summed E-state index contributed by atoms with van der Waals surface area (Å²) in [6.45, 7) is 2.78. The summed E-state index contributed by atoms with van der Waals surface area (Å²) in [5, 5.41) is 3.02. The molecule has 6 heteroatoms. The molecule has 3 heterocycles. The highest BCUT2D eigenvalue weighted by molar-refractivity contribution is 5.93. The Bertz CT molecular complexity index is 841. The van der Waals surface area contributed by atoms with Gasteiger partial charge in [-0.15, -0.1) is 0 Å². The molecular formula is C21H22N2O4. The van der Waals surface area contributed by atoms with Crippen LogP contribution in [0.2, 0.25) is 0 Å². The lowest BCUT2D eigenvalue weighted by atomic mass is 9.99. The fourth-order valence-corrected chi connectivity index (χ4v) is 4.19. The molecule has 1 amide bonds. The highest BCUT2D eigenvalue weighted by Crippen LogP contribution is 2.36. The average molecular weight is 366 g/mol. The SMILES string of the molecule is O=C(Nc1ccc2c(c1)OCO2)[C@@H]1C[C@H]2CN(Cc3ccccc3)C[C@@H]1O2. The molecule has 0 radical (unpaired) electrons. The molecule has 3 aliphatic rings. The van der Waals surface area contributed by atoms with Crippen LogP contribution in [0.1, 0.15) is 12.0 Å². The Morgan fingerprint density at radius 1 is 1.07 bits per heavy atom. The first-order valence-corrected chi connectivity index (χ1v) is 9.37. The molecule has 1 N–H and O–H groups in total. The van der Waals surface area contributed by atoms with Crippen LogP contribution in [0.4, 0.5) is 5.69 Å². The first-order valence-electron chi connectivity index (χ1n) is 9.37. The smallest absolute Gasteiger partial charge is 0.231 e. The van der Waals surface area contributed by atoms with Gasteiger partial charge in [0, 0.05) is 31.4 Å². The highest BCUT2D eigenvalue weighted by Gasteiger charge is 2.44. The fourth-order valence-electron chi connectivity index (χ4n) is 4.19. The molecule has 5 rings (SSSR count). The van der Waals surface area contributed by atoms with Crippen molar-refractivity contribution in [2.24, 2.45) is 5.92 Å². The summed E-state index contributed by atoms with van der Waals surface area (Å²) >= 11 is 0. The van der Waals surface area contributed by atoms with Gasteiger partial charge in [-0.05, 0) is 24.1 Å². The fraction of sp³-hybridized carbons (Fsp3) is 0.381. The first-order chi connectivity index (χ1) is 13.2. The van der Waals surface area contributed by atoms with Crippen LogP contribution in [0.15, 0.2) is 48.5 Å². The van der Waals surface area contributed by atoms with Crippen LogP contribution in [0.3, 0.4) is 0 Å². The van der Waals surface area contributed by atoms with Crippen molar-refractivity contribution in [3.63, 3.8) is 0 Å². The van der Waals surface area contributed by atoms with Crippen LogP contribution in [0.25, 0.3) is 0 Å². The van der Waals surface area contributed by atoms with E-state index in [1.54, 1.807) is 0 Å². The van der Waals surface area contributed by atoms with Gasteiger partial charge in [-0.25, -0.2) is 0 Å². The minimum absolute atomic E-state index is 0.0166. The second-order valence-electron chi connectivity index (χ2n) is 7.38. The summed E-state index contributed by atoms with van der Waals surface area (Å²) in [7, 11) is 0. The van der Waals surface area contributed by atoms with Crippen molar-refractivity contribution < 1.29 is 19.0 Å². The monoisotopic (exact) mass is 366 g/mol. The Labute approximate surface area is 158 Å². The van der Waals surface area contributed by atoms with Gasteiger partial charge in [0.25, 0.3) is 0 Å². The number of ether oxygens (including phenoxy) is 3. The quantitative estimate of drug-likeness (QED) is 0.901. The zero-order valence-corrected chi connectivity index (χ0v) is 15.0. The van der Waals surface area contributed by atoms with E-state index in [-0.39, 0.29) is 30.8 Å². The predicted molar refractivity (Wildman–Crippen MR) is 99.7 cm³/mol. The summed E-state index contributed by atoms with van der Waals surface area (Å²) in [5.74, 6) is 1.27. The molecule has 27 heavy (non-hydrogen) atoms. The van der Waals surface area contributed by atoms with Crippen LogP contribution >= 0.6 is 0 Å². The van der Waals surface area contributed by atoms with E-state index in [9.17, 15) is 4.79 Å². The highest BCUT2D eigenvalue weighted by atomic mass is 16.7. The first kappa shape index (κ1) is 16.6. The van der Waals surface area contributed by atoms with Crippen molar-refractivity contribution in [2.75, 3.05) is 25.2 Å². The standard InChI is InChI=1S/C21H22N2O4/c24-21(22-15-6-7-18-19(8-15)26-13-25-18)17-9-16-11-23(12-20(17)27-16)10-14-4-2-1-3-5-14/h1-8,16-17,20H,9-13H2,(H,22,24)/t16-,17+,20-/m0/s1. The molecule has 2 bridgehead atoms. The molecule has 3 aliphatic heterocycles. The zero-order valence-electron chi connectivity index (χ0n) is 15.0. The largest absolute Gasteiger partial charge is 0.454 e. The van der Waals surface area contributed by atoms with Crippen LogP contribution in [0, 0.1) is 5.92 Å². The molecule has 0 unspecified atom stereocenters. The van der Waals surface area contributed by atoms with E-state index in [0.717, 1.165) is 31.7 Å². The number of fused-ring (bicyclic) bond motifs is 3. The molecule has 2 aromatic carbocycles. The molecule has 0 aromatic heterocycles. The van der Waals surface area contributed by atoms with E-state index in [2.05, 4.69) is 34.5 Å². The van der Waals surface area contributed by atoms with E-state index in [0.29, 0.717) is 11.5 Å². The van der Waals surface area contributed by atoms with Gasteiger partial charge in [0.1, 0.15) is 0 Å². The van der Waals surface area contributed by atoms with Gasteiger partial charge in [-0.3, -0.25) is 9.69 Å². The number of morpholine rings is 1. The number of rotatable bonds is 4. The van der Waals surface area contributed by atoms with E-state index >= 15 is 0 Å². The third-order valence-corrected chi connectivity index (χ3v) is 5.46. The van der Waals surface area contributed by atoms with Gasteiger partial charge in [0.15, 0.2) is 11.5 Å². The van der Waals surface area contributed by atoms with E-state index in [1.165, 1.54) is 5.56 Å². The number of carbonyl (C=O) groups is 1. The number of nitrogens with zero attached hydrogens (tertiary/aromatic N) is 1. The number of hydrogen-bond acceptors (Lipinski definition) is 5. The summed E-state index contributed by atoms with van der Waals surface area (Å²) in [5.41, 5.74) is 2.02. The third-order valence-electron chi connectivity index (χ3n) is 5.46. The Morgan fingerprint density at radius 3 is 2.81 bits per heavy atom. The van der Waals surface area contributed by atoms with Crippen molar-refractivity contribution in [1.82, 2.24) is 4.90 Å². The molecule has 2 fully saturated rings. The maximum atomic E-state index is 12.8. The van der Waals surface area contributed by atoms with E-state index < -0.39 is 0 Å². The van der Waals surface area contributed by atoms with Crippen molar-refractivity contribution in [1.29, 1.82) is 0 Å². The Kier molecular flexibility index (Phi) is 4.22. The molecule has 3 atom stereocenters. The van der Waals surface area contributed by atoms with Crippen LogP contribution < -0.4 is 14.8 Å². The second-order valence-corrected chi connectivity index (χ2v) is 7.38. The van der Waals surface area contributed by atoms with Gasteiger partial charge >= 0.3 is 0 Å². The third kappa shape index (κ3) is 3.38. The summed E-state index contributed by atoms with van der Waals surface area (Å²) in [6.07, 6.45) is 0.841. The van der Waals surface area contributed by atoms with Gasteiger partial charge in [0.2, 0.25) is 12.7 Å². The Hall–Kier alpha value is -2.57. The molecule has 0 spiro atoms. The lowest BCUT2D eigenvalue weighted by Gasteiger charge is -2.32. The molecule has 140 valence electrons. The topological polar surface area (TPSA) is 60.0 Å². The molecule has 2 aromatic rings. The number of nitrogens with one attached hydrogen (secondary N) is 1. The van der Waals surface area contributed by atoms with Crippen molar-refractivity contribution in [3.05, 3.63) is 54.1 Å². The van der Waals surface area contributed by atoms with Gasteiger partial charge in [-0.2, -0.15) is 0 Å². The Balaban J connectivity index is 1.23. The minimum atomic E-state index is -0.124. The van der Waals surface area contributed by atoms with Gasteiger partial charge in [0.05, 0.1) is 18.1 Å². The van der Waals surface area contributed by atoms with E-state index in [4.69, 9.17) is 14.2 Å². The summed E-state index contributed by atoms with van der Waals surface area (Å²) in [4.78, 5) is 15.2. The molecule has 0 saturated carbocycles. The maximum Gasteiger partial charge on any atom is 0.231 e. The number of hydrogen-bond donors (Lipinski definition) is 1. The summed E-state index contributed by atoms with van der Waals surface area (Å²) < 4.78 is 16.8. The average Bonchev–Trinajstić information content (AvgIpc) is 3.26. The van der Waals surface area contributed by atoms with Crippen molar-refractivity contribution in [2.45, 2.75) is 25.2 Å². The summed E-state index contributed by atoms with van der Waals surface area (Å²) in [6, 6.07) is 15.9. The Morgan fingerprint density at radius 2 is 1.93 bits per heavy atom. The van der Waals surface area contributed by atoms with Crippen LogP contribution in [-0.4, -0.2) is 42.9 Å². The van der Waals surface area contributed by atoms with Crippen molar-refractivity contribution in [3.8, 4) is 11.5 Å². The molecule has 6 nitrogen and oxygen atoms in total. The lowest BCUT2D eigenvalue weighted by molar-refractivity contribution is -0.123. The van der Waals surface area contributed by atoms with Crippen molar-refractivity contribution >= 4 is 11.6 Å². The maximum absolute atomic E-state index is 12.8. The van der Waals surface area contributed by atoms with E-state index in [1.807, 2.05) is 24.3 Å². The van der Waals surface area contributed by atoms with Gasteiger partial charge < -0.3 is 19.5 Å². The zero-order chi connectivity index (χ0) is 18.2. The van der Waals surface area contributed by atoms with Crippen LogP contribution in [0.5, 0.6) is 11.5 Å². The number of carbonyl (C=O) groups excluding carboxylic acids is 1. The minimum Gasteiger partial charge on any atom is -0.454 e. The number of likely N-dealkylation sites (tertiary alicyclic amines) is 1. The number of anilines is 1. The predicted octanol–water partition coefficient (Wildman–Crippen LogP) is 2.64. The normalized spacial score (nSPS) is 26.1. The second kappa shape index (κ2) is 6.87. The molecule has 2 saturated heterocycles. The molecular weight excluding hydrogens is 344 g/mol. The van der Waals surface area contributed by atoms with Gasteiger partial charge in [-0.1, -0.05) is 30.3 Å². The molecule has 0 aliphatic carbocycles. The lowest BCUT2D eigenvalue weighted by Crippen LogP contribution is -2.44. The number of benzene rings is 2. The van der Waals surface area contributed by atoms with Crippen LogP contribution in [-0.2, 0) is 16.1 Å². The number of amides is 1.